The van der Waals surface area contributed by atoms with Crippen LogP contribution in [0, 0.1) is 6.92 Å². The molecule has 0 atom stereocenters. The number of anilines is 1. The van der Waals surface area contributed by atoms with E-state index < -0.39 is 5.97 Å². The maximum Gasteiger partial charge on any atom is 0.339 e. The number of benzene rings is 1. The monoisotopic (exact) mass is 387 g/mol. The zero-order valence-electron chi connectivity index (χ0n) is 13.9. The lowest BCUT2D eigenvalue weighted by Gasteiger charge is -2.07. The van der Waals surface area contributed by atoms with Crippen LogP contribution in [0.4, 0.5) is 5.69 Å². The van der Waals surface area contributed by atoms with Crippen molar-refractivity contribution in [3.05, 3.63) is 63.8 Å². The SMILES string of the molecule is COC(=O)c1cc(NC(=O)c2sc(-c3ccccn3)nc2C)ccc1Cl. The molecule has 0 radical (unpaired) electrons. The highest BCUT2D eigenvalue weighted by Gasteiger charge is 2.18. The molecule has 0 unspecified atom stereocenters. The third-order valence-electron chi connectivity index (χ3n) is 3.52. The molecule has 0 spiro atoms. The first-order valence-electron chi connectivity index (χ1n) is 7.57. The van der Waals surface area contributed by atoms with Gasteiger partial charge in [0, 0.05) is 11.9 Å². The number of aromatic nitrogens is 2. The van der Waals surface area contributed by atoms with E-state index in [1.54, 1.807) is 19.2 Å². The van der Waals surface area contributed by atoms with Crippen molar-refractivity contribution in [3.8, 4) is 10.7 Å². The lowest BCUT2D eigenvalue weighted by molar-refractivity contribution is 0.0600. The average Bonchev–Trinajstić information content (AvgIpc) is 3.05. The van der Waals surface area contributed by atoms with Crippen LogP contribution in [-0.4, -0.2) is 29.0 Å². The number of rotatable bonds is 4. The fourth-order valence-corrected chi connectivity index (χ4v) is 3.40. The van der Waals surface area contributed by atoms with Gasteiger partial charge in [-0.15, -0.1) is 11.3 Å². The quantitative estimate of drug-likeness (QED) is 0.678. The van der Waals surface area contributed by atoms with Gasteiger partial charge in [-0.2, -0.15) is 0 Å². The van der Waals surface area contributed by atoms with E-state index in [1.165, 1.54) is 30.6 Å². The molecule has 0 bridgehead atoms. The van der Waals surface area contributed by atoms with Crippen molar-refractivity contribution in [2.24, 2.45) is 0 Å². The molecule has 0 aliphatic carbocycles. The molecule has 3 rings (SSSR count). The number of esters is 1. The maximum atomic E-state index is 12.6. The summed E-state index contributed by atoms with van der Waals surface area (Å²) < 4.78 is 4.68. The number of nitrogens with one attached hydrogen (secondary N) is 1. The van der Waals surface area contributed by atoms with Crippen molar-refractivity contribution in [2.45, 2.75) is 6.92 Å². The lowest BCUT2D eigenvalue weighted by atomic mass is 10.2. The van der Waals surface area contributed by atoms with Crippen molar-refractivity contribution < 1.29 is 14.3 Å². The molecule has 0 saturated heterocycles. The number of hydrogen-bond donors (Lipinski definition) is 1. The van der Waals surface area contributed by atoms with Gasteiger partial charge in [0.15, 0.2) is 0 Å². The van der Waals surface area contributed by atoms with Crippen molar-refractivity contribution in [1.82, 2.24) is 9.97 Å². The fourth-order valence-electron chi connectivity index (χ4n) is 2.26. The Balaban J connectivity index is 1.85. The number of pyridine rings is 1. The lowest BCUT2D eigenvalue weighted by Crippen LogP contribution is -2.12. The second-order valence-electron chi connectivity index (χ2n) is 5.29. The topological polar surface area (TPSA) is 81.2 Å². The molecule has 2 aromatic heterocycles. The minimum Gasteiger partial charge on any atom is -0.465 e. The fraction of sp³-hybridized carbons (Fsp3) is 0.111. The average molecular weight is 388 g/mol. The molecule has 6 nitrogen and oxygen atoms in total. The second-order valence-corrected chi connectivity index (χ2v) is 6.70. The van der Waals surface area contributed by atoms with Crippen molar-refractivity contribution >= 4 is 40.5 Å². The summed E-state index contributed by atoms with van der Waals surface area (Å²) >= 11 is 7.25. The number of nitrogens with zero attached hydrogens (tertiary/aromatic N) is 2. The molecule has 8 heteroatoms. The predicted molar refractivity (Wildman–Crippen MR) is 101 cm³/mol. The normalized spacial score (nSPS) is 10.4. The van der Waals surface area contributed by atoms with Gasteiger partial charge in [0.1, 0.15) is 9.88 Å². The van der Waals surface area contributed by atoms with E-state index in [9.17, 15) is 9.59 Å². The summed E-state index contributed by atoms with van der Waals surface area (Å²) in [7, 11) is 1.27. The molecule has 0 aliphatic heterocycles. The van der Waals surface area contributed by atoms with Crippen LogP contribution in [0.5, 0.6) is 0 Å². The minimum absolute atomic E-state index is 0.183. The van der Waals surface area contributed by atoms with Crippen LogP contribution in [0.25, 0.3) is 10.7 Å². The molecule has 2 heterocycles. The molecule has 1 amide bonds. The Hall–Kier alpha value is -2.77. The Morgan fingerprint density at radius 3 is 2.73 bits per heavy atom. The molecule has 132 valence electrons. The zero-order valence-corrected chi connectivity index (χ0v) is 15.5. The van der Waals surface area contributed by atoms with Gasteiger partial charge in [0.05, 0.1) is 29.1 Å². The molecule has 3 aromatic rings. The van der Waals surface area contributed by atoms with E-state index in [0.29, 0.717) is 27.0 Å². The highest BCUT2D eigenvalue weighted by molar-refractivity contribution is 7.17. The maximum absolute atomic E-state index is 12.6. The van der Waals surface area contributed by atoms with Crippen molar-refractivity contribution in [2.75, 3.05) is 12.4 Å². The number of amides is 1. The number of aryl methyl sites for hydroxylation is 1. The molecular formula is C18H14ClN3O3S. The summed E-state index contributed by atoms with van der Waals surface area (Å²) in [4.78, 5) is 33.5. The third-order valence-corrected chi connectivity index (χ3v) is 5.02. The smallest absolute Gasteiger partial charge is 0.339 e. The van der Waals surface area contributed by atoms with E-state index in [-0.39, 0.29) is 16.5 Å². The number of ether oxygens (including phenoxy) is 1. The largest absolute Gasteiger partial charge is 0.465 e. The molecule has 0 aliphatic rings. The van der Waals surface area contributed by atoms with E-state index in [4.69, 9.17) is 11.6 Å². The first-order valence-corrected chi connectivity index (χ1v) is 8.77. The van der Waals surface area contributed by atoms with Crippen LogP contribution in [0.15, 0.2) is 42.6 Å². The highest BCUT2D eigenvalue weighted by Crippen LogP contribution is 2.28. The molecule has 0 saturated carbocycles. The summed E-state index contributed by atoms with van der Waals surface area (Å²) in [5.41, 5.74) is 1.93. The second kappa shape index (κ2) is 7.63. The number of thiazole rings is 1. The van der Waals surface area contributed by atoms with Crippen LogP contribution in [-0.2, 0) is 4.74 Å². The van der Waals surface area contributed by atoms with Crippen LogP contribution >= 0.6 is 22.9 Å². The summed E-state index contributed by atoms with van der Waals surface area (Å²) in [6.45, 7) is 1.76. The van der Waals surface area contributed by atoms with Gasteiger partial charge in [0.25, 0.3) is 5.91 Å². The van der Waals surface area contributed by atoms with Gasteiger partial charge in [-0.05, 0) is 37.3 Å². The van der Waals surface area contributed by atoms with Crippen molar-refractivity contribution in [1.29, 1.82) is 0 Å². The number of halogens is 1. The number of hydrogen-bond acceptors (Lipinski definition) is 6. The number of carbonyl (C=O) groups excluding carboxylic acids is 2. The number of carbonyl (C=O) groups is 2. The molecule has 1 aromatic carbocycles. The van der Waals surface area contributed by atoms with E-state index in [0.717, 1.165) is 0 Å². The molecule has 0 fully saturated rings. The summed E-state index contributed by atoms with van der Waals surface area (Å²) in [6.07, 6.45) is 1.67. The molecular weight excluding hydrogens is 374 g/mol. The predicted octanol–water partition coefficient (Wildman–Crippen LogP) is 4.21. The van der Waals surface area contributed by atoms with Crippen LogP contribution in [0.3, 0.4) is 0 Å². The van der Waals surface area contributed by atoms with Gasteiger partial charge < -0.3 is 10.1 Å². The molecule has 26 heavy (non-hydrogen) atoms. The Labute approximate surface area is 158 Å². The first kappa shape index (κ1) is 18.0. The van der Waals surface area contributed by atoms with Crippen molar-refractivity contribution in [3.63, 3.8) is 0 Å². The standard InChI is InChI=1S/C18H14ClN3O3S/c1-10-15(26-17(21-10)14-5-3-4-8-20-14)16(23)22-11-6-7-13(19)12(9-11)18(24)25-2/h3-9H,1-2H3,(H,22,23). The van der Waals surface area contributed by atoms with Gasteiger partial charge in [-0.1, -0.05) is 17.7 Å². The van der Waals surface area contributed by atoms with E-state index in [2.05, 4.69) is 20.0 Å². The van der Waals surface area contributed by atoms with Crippen LogP contribution in [0.2, 0.25) is 5.02 Å². The number of methoxy groups -OCH3 is 1. The summed E-state index contributed by atoms with van der Waals surface area (Å²) in [5, 5.41) is 3.67. The Bertz CT molecular complexity index is 973. The summed E-state index contributed by atoms with van der Waals surface area (Å²) in [5.74, 6) is -0.891. The third kappa shape index (κ3) is 3.74. The Kier molecular flexibility index (Phi) is 5.29. The Morgan fingerprint density at radius 2 is 2.04 bits per heavy atom. The summed E-state index contributed by atoms with van der Waals surface area (Å²) in [6, 6.07) is 10.1. The highest BCUT2D eigenvalue weighted by atomic mass is 35.5. The van der Waals surface area contributed by atoms with Crippen LogP contribution in [0.1, 0.15) is 25.7 Å². The van der Waals surface area contributed by atoms with Gasteiger partial charge in [0.2, 0.25) is 0 Å². The van der Waals surface area contributed by atoms with Gasteiger partial charge in [-0.25, -0.2) is 9.78 Å². The van der Waals surface area contributed by atoms with E-state index >= 15 is 0 Å². The Morgan fingerprint density at radius 1 is 1.23 bits per heavy atom. The molecule has 1 N–H and O–H groups in total. The van der Waals surface area contributed by atoms with E-state index in [1.807, 2.05) is 18.2 Å². The van der Waals surface area contributed by atoms with Gasteiger partial charge >= 0.3 is 5.97 Å². The zero-order chi connectivity index (χ0) is 18.7. The van der Waals surface area contributed by atoms with Crippen LogP contribution < -0.4 is 5.32 Å². The first-order chi connectivity index (χ1) is 12.5. The minimum atomic E-state index is -0.572. The van der Waals surface area contributed by atoms with Gasteiger partial charge in [-0.3, -0.25) is 9.78 Å².